The van der Waals surface area contributed by atoms with Crippen molar-refractivity contribution in [1.29, 1.82) is 0 Å². The molecule has 0 saturated heterocycles. The van der Waals surface area contributed by atoms with E-state index < -0.39 is 5.83 Å². The molecule has 0 radical (unpaired) electrons. The van der Waals surface area contributed by atoms with E-state index in [1.54, 1.807) is 18.2 Å². The van der Waals surface area contributed by atoms with Crippen LogP contribution in [0.4, 0.5) is 8.78 Å². The summed E-state index contributed by atoms with van der Waals surface area (Å²) in [5.41, 5.74) is 0.269. The maximum absolute atomic E-state index is 12.4. The van der Waals surface area contributed by atoms with Crippen molar-refractivity contribution in [3.8, 4) is 0 Å². The van der Waals surface area contributed by atoms with Gasteiger partial charge in [-0.2, -0.15) is 0 Å². The number of halogens is 2. The van der Waals surface area contributed by atoms with Crippen molar-refractivity contribution < 1.29 is 8.78 Å². The van der Waals surface area contributed by atoms with E-state index in [-0.39, 0.29) is 11.9 Å². The minimum atomic E-state index is -0.833. The van der Waals surface area contributed by atoms with Gasteiger partial charge in [0.25, 0.3) is 0 Å². The van der Waals surface area contributed by atoms with E-state index in [0.717, 1.165) is 0 Å². The van der Waals surface area contributed by atoms with Crippen LogP contribution < -0.4 is 0 Å². The van der Waals surface area contributed by atoms with E-state index in [4.69, 9.17) is 0 Å². The van der Waals surface area contributed by atoms with Crippen molar-refractivity contribution in [2.75, 3.05) is 0 Å². The zero-order valence-electron chi connectivity index (χ0n) is 5.22. The molecule has 0 amide bonds. The highest BCUT2D eigenvalue weighted by molar-refractivity contribution is 5.57. The Labute approximate surface area is 57.8 Å². The van der Waals surface area contributed by atoms with Crippen LogP contribution in [0, 0.1) is 0 Å². The van der Waals surface area contributed by atoms with Gasteiger partial charge in [0.2, 0.25) is 0 Å². The monoisotopic (exact) mass is 140 g/mol. The number of benzene rings is 1. The molecule has 2 heteroatoms. The Morgan fingerprint density at radius 2 is 1.80 bits per heavy atom. The zero-order chi connectivity index (χ0) is 7.40. The summed E-state index contributed by atoms with van der Waals surface area (Å²) in [5.74, 6) is -0.833. The van der Waals surface area contributed by atoms with E-state index >= 15 is 0 Å². The Hall–Kier alpha value is -1.18. The average Bonchev–Trinajstić information content (AvgIpc) is 2.05. The van der Waals surface area contributed by atoms with Gasteiger partial charge in [-0.15, -0.1) is 0 Å². The fourth-order valence-electron chi connectivity index (χ4n) is 0.660. The van der Waals surface area contributed by atoms with Crippen LogP contribution in [0.2, 0.25) is 0 Å². The summed E-state index contributed by atoms with van der Waals surface area (Å²) in [5, 5.41) is 0. The molecule has 0 aliphatic heterocycles. The van der Waals surface area contributed by atoms with Gasteiger partial charge in [0, 0.05) is 5.56 Å². The molecule has 0 bridgehead atoms. The molecule has 1 aromatic carbocycles. The molecular weight excluding hydrogens is 134 g/mol. The third-order valence-electron chi connectivity index (χ3n) is 1.15. The first-order valence-corrected chi connectivity index (χ1v) is 2.86. The molecule has 0 spiro atoms. The van der Waals surface area contributed by atoms with Crippen LogP contribution in [-0.4, -0.2) is 0 Å². The molecule has 0 aliphatic rings. The summed E-state index contributed by atoms with van der Waals surface area (Å²) >= 11 is 0. The first-order chi connectivity index (χ1) is 4.84. The van der Waals surface area contributed by atoms with E-state index in [2.05, 4.69) is 0 Å². The van der Waals surface area contributed by atoms with Crippen LogP contribution >= 0.6 is 0 Å². The Kier molecular flexibility index (Phi) is 2.15. The van der Waals surface area contributed by atoms with Crippen molar-refractivity contribution >= 4 is 5.83 Å². The van der Waals surface area contributed by atoms with E-state index in [0.29, 0.717) is 0 Å². The van der Waals surface area contributed by atoms with Crippen molar-refractivity contribution in [1.82, 2.24) is 0 Å². The fourth-order valence-corrected chi connectivity index (χ4v) is 0.660. The van der Waals surface area contributed by atoms with E-state index in [1.807, 2.05) is 0 Å². The highest BCUT2D eigenvalue weighted by atomic mass is 19.2. The van der Waals surface area contributed by atoms with Gasteiger partial charge >= 0.3 is 0 Å². The van der Waals surface area contributed by atoms with Gasteiger partial charge in [0.1, 0.15) is 6.33 Å². The Bertz CT molecular complexity index is 226. The number of rotatable bonds is 1. The quantitative estimate of drug-likeness (QED) is 0.562. The van der Waals surface area contributed by atoms with Crippen molar-refractivity contribution in [2.24, 2.45) is 0 Å². The Morgan fingerprint density at radius 1 is 1.20 bits per heavy atom. The number of hydrogen-bond acceptors (Lipinski definition) is 0. The Balaban J connectivity index is 2.96. The topological polar surface area (TPSA) is 0 Å². The average molecular weight is 140 g/mol. The summed E-state index contributed by atoms with van der Waals surface area (Å²) in [7, 11) is 0. The second-order valence-corrected chi connectivity index (χ2v) is 1.82. The summed E-state index contributed by atoms with van der Waals surface area (Å²) in [6, 6.07) is 8.06. The summed E-state index contributed by atoms with van der Waals surface area (Å²) in [4.78, 5) is 0. The molecular formula is C8H6F2. The maximum atomic E-state index is 12.4. The van der Waals surface area contributed by atoms with Gasteiger partial charge in [-0.1, -0.05) is 30.3 Å². The smallest absolute Gasteiger partial charge is 0.158 e. The molecule has 0 unspecified atom stereocenters. The van der Waals surface area contributed by atoms with Gasteiger partial charge in [0.05, 0.1) is 0 Å². The van der Waals surface area contributed by atoms with Crippen LogP contribution in [0.25, 0.3) is 5.83 Å². The molecule has 52 valence electrons. The maximum Gasteiger partial charge on any atom is 0.158 e. The van der Waals surface area contributed by atoms with Crippen molar-refractivity contribution in [2.45, 2.75) is 0 Å². The lowest BCUT2D eigenvalue weighted by molar-refractivity contribution is 0.671. The predicted molar refractivity (Wildman–Crippen MR) is 36.6 cm³/mol. The standard InChI is InChI=1S/C8H6F2/c9-6-8(10)7-4-2-1-3-5-7/h1-6H/b8-6-. The molecule has 1 aromatic rings. The molecule has 0 saturated carbocycles. The molecule has 0 fully saturated rings. The molecule has 10 heavy (non-hydrogen) atoms. The van der Waals surface area contributed by atoms with Gasteiger partial charge in [-0.25, -0.2) is 8.78 Å². The van der Waals surface area contributed by atoms with Gasteiger partial charge in [0.15, 0.2) is 5.83 Å². The minimum Gasteiger partial charge on any atom is -0.212 e. The summed E-state index contributed by atoms with van der Waals surface area (Å²) < 4.78 is 23.9. The van der Waals surface area contributed by atoms with Crippen LogP contribution in [0.15, 0.2) is 36.7 Å². The SMILES string of the molecule is F/C=C(\F)c1ccccc1. The second kappa shape index (κ2) is 3.11. The van der Waals surface area contributed by atoms with Gasteiger partial charge in [-0.05, 0) is 0 Å². The third kappa shape index (κ3) is 1.41. The van der Waals surface area contributed by atoms with Gasteiger partial charge < -0.3 is 0 Å². The lowest BCUT2D eigenvalue weighted by atomic mass is 10.2. The van der Waals surface area contributed by atoms with Crippen LogP contribution in [0.1, 0.15) is 5.56 Å². The lowest BCUT2D eigenvalue weighted by Crippen LogP contribution is -1.73. The molecule has 0 N–H and O–H groups in total. The molecule has 0 heterocycles. The van der Waals surface area contributed by atoms with Gasteiger partial charge in [-0.3, -0.25) is 0 Å². The molecule has 0 nitrogen and oxygen atoms in total. The third-order valence-corrected chi connectivity index (χ3v) is 1.15. The highest BCUT2D eigenvalue weighted by Crippen LogP contribution is 2.14. The normalized spacial score (nSPS) is 11.6. The second-order valence-electron chi connectivity index (χ2n) is 1.82. The lowest BCUT2D eigenvalue weighted by Gasteiger charge is -1.91. The molecule has 0 aliphatic carbocycles. The zero-order valence-corrected chi connectivity index (χ0v) is 5.22. The van der Waals surface area contributed by atoms with Crippen LogP contribution in [0.5, 0.6) is 0 Å². The summed E-state index contributed by atoms with van der Waals surface area (Å²) in [6.07, 6.45) is -0.0463. The molecule has 1 rings (SSSR count). The van der Waals surface area contributed by atoms with E-state index in [9.17, 15) is 8.78 Å². The fraction of sp³-hybridized carbons (Fsp3) is 0. The van der Waals surface area contributed by atoms with Crippen LogP contribution in [0.3, 0.4) is 0 Å². The van der Waals surface area contributed by atoms with Crippen molar-refractivity contribution in [3.63, 3.8) is 0 Å². The minimum absolute atomic E-state index is 0.0463. The first kappa shape index (κ1) is 6.93. The molecule has 0 atom stereocenters. The first-order valence-electron chi connectivity index (χ1n) is 2.86. The summed E-state index contributed by atoms with van der Waals surface area (Å²) in [6.45, 7) is 0. The van der Waals surface area contributed by atoms with Crippen LogP contribution in [-0.2, 0) is 0 Å². The number of hydrogen-bond donors (Lipinski definition) is 0. The largest absolute Gasteiger partial charge is 0.212 e. The predicted octanol–water partition coefficient (Wildman–Crippen LogP) is 2.92. The highest BCUT2D eigenvalue weighted by Gasteiger charge is 1.95. The van der Waals surface area contributed by atoms with Crippen molar-refractivity contribution in [3.05, 3.63) is 42.2 Å². The Morgan fingerprint density at radius 3 is 2.30 bits per heavy atom. The van der Waals surface area contributed by atoms with E-state index in [1.165, 1.54) is 12.1 Å². The molecule has 0 aromatic heterocycles.